The number of hydrogen-bond donors (Lipinski definition) is 2. The van der Waals surface area contributed by atoms with Gasteiger partial charge in [0, 0.05) is 17.0 Å². The Morgan fingerprint density at radius 1 is 1.00 bits per heavy atom. The van der Waals surface area contributed by atoms with E-state index in [9.17, 15) is 14.7 Å². The van der Waals surface area contributed by atoms with Gasteiger partial charge in [-0.25, -0.2) is 9.78 Å². The van der Waals surface area contributed by atoms with Gasteiger partial charge in [0.25, 0.3) is 0 Å². The molecule has 0 unspecified atom stereocenters. The SMILES string of the molecule is O=C(Cc1ccccc1C(=O)O)Nc1cccc(C=Cc2nc(C3CCCCCCC3)cs2)c1. The van der Waals surface area contributed by atoms with E-state index < -0.39 is 5.97 Å². The minimum Gasteiger partial charge on any atom is -0.478 e. The van der Waals surface area contributed by atoms with Crippen molar-refractivity contribution >= 4 is 41.1 Å². The summed E-state index contributed by atoms with van der Waals surface area (Å²) in [5, 5.41) is 15.4. The molecular weight excluding hydrogens is 444 g/mol. The molecule has 176 valence electrons. The summed E-state index contributed by atoms with van der Waals surface area (Å²) in [6, 6.07) is 14.2. The van der Waals surface area contributed by atoms with Crippen LogP contribution in [0.15, 0.2) is 53.9 Å². The standard InChI is InChI=1S/C28H30N2O3S/c31-26(18-22-12-6-7-14-24(22)28(32)33)29-23-13-8-9-20(17-23)15-16-27-30-25(19-34-27)21-10-4-2-1-3-5-11-21/h6-9,12-17,19,21H,1-5,10-11,18H2,(H,29,31)(H,32,33). The summed E-state index contributed by atoms with van der Waals surface area (Å²) in [6.07, 6.45) is 13.2. The van der Waals surface area contributed by atoms with E-state index in [-0.39, 0.29) is 17.9 Å². The van der Waals surface area contributed by atoms with E-state index in [0.717, 1.165) is 10.6 Å². The van der Waals surface area contributed by atoms with Crippen molar-refractivity contribution in [2.75, 3.05) is 5.32 Å². The second kappa shape index (κ2) is 11.7. The van der Waals surface area contributed by atoms with Gasteiger partial charge >= 0.3 is 5.97 Å². The highest BCUT2D eigenvalue weighted by atomic mass is 32.1. The van der Waals surface area contributed by atoms with Gasteiger partial charge in [-0.1, -0.05) is 68.5 Å². The molecule has 1 aromatic heterocycles. The summed E-state index contributed by atoms with van der Waals surface area (Å²) in [6.45, 7) is 0. The predicted molar refractivity (Wildman–Crippen MR) is 138 cm³/mol. The Balaban J connectivity index is 1.38. The normalized spacial score (nSPS) is 15.1. The minimum atomic E-state index is -1.03. The number of aromatic nitrogens is 1. The summed E-state index contributed by atoms with van der Waals surface area (Å²) in [5.41, 5.74) is 3.51. The van der Waals surface area contributed by atoms with Crippen LogP contribution in [-0.2, 0) is 11.2 Å². The molecule has 3 aromatic rings. The highest BCUT2D eigenvalue weighted by Gasteiger charge is 2.16. The van der Waals surface area contributed by atoms with Crippen LogP contribution in [0.1, 0.15) is 83.1 Å². The summed E-state index contributed by atoms with van der Waals surface area (Å²) in [7, 11) is 0. The van der Waals surface area contributed by atoms with Crippen LogP contribution in [-0.4, -0.2) is 22.0 Å². The molecule has 1 saturated carbocycles. The molecule has 6 heteroatoms. The zero-order valence-electron chi connectivity index (χ0n) is 19.2. The van der Waals surface area contributed by atoms with Crippen LogP contribution < -0.4 is 5.32 Å². The van der Waals surface area contributed by atoms with Crippen molar-refractivity contribution in [3.8, 4) is 0 Å². The summed E-state index contributed by atoms with van der Waals surface area (Å²) in [4.78, 5) is 28.8. The van der Waals surface area contributed by atoms with Gasteiger partial charge in [-0.15, -0.1) is 11.3 Å². The number of aromatic carboxylic acids is 1. The molecule has 4 rings (SSSR count). The van der Waals surface area contributed by atoms with E-state index in [1.54, 1.807) is 29.5 Å². The number of amides is 1. The van der Waals surface area contributed by atoms with Crippen LogP contribution in [0.4, 0.5) is 5.69 Å². The number of rotatable bonds is 7. The molecule has 0 radical (unpaired) electrons. The maximum absolute atomic E-state index is 12.5. The van der Waals surface area contributed by atoms with Crippen molar-refractivity contribution < 1.29 is 14.7 Å². The van der Waals surface area contributed by atoms with Crippen LogP contribution in [0.25, 0.3) is 12.2 Å². The topological polar surface area (TPSA) is 79.3 Å². The molecule has 0 atom stereocenters. The molecule has 1 aliphatic rings. The van der Waals surface area contributed by atoms with Crippen LogP contribution in [0.2, 0.25) is 0 Å². The third-order valence-corrected chi connectivity index (χ3v) is 7.08. The molecule has 2 N–H and O–H groups in total. The van der Waals surface area contributed by atoms with Gasteiger partial charge in [0.1, 0.15) is 5.01 Å². The van der Waals surface area contributed by atoms with Crippen molar-refractivity contribution in [2.24, 2.45) is 0 Å². The van der Waals surface area contributed by atoms with Crippen LogP contribution >= 0.6 is 11.3 Å². The highest BCUT2D eigenvalue weighted by Crippen LogP contribution is 2.32. The van der Waals surface area contributed by atoms with Crippen molar-refractivity contribution in [1.82, 2.24) is 4.98 Å². The van der Waals surface area contributed by atoms with Crippen LogP contribution in [0, 0.1) is 0 Å². The van der Waals surface area contributed by atoms with E-state index >= 15 is 0 Å². The smallest absolute Gasteiger partial charge is 0.335 e. The number of thiazole rings is 1. The third kappa shape index (κ3) is 6.64. The molecule has 34 heavy (non-hydrogen) atoms. The lowest BCUT2D eigenvalue weighted by Gasteiger charge is -2.17. The molecule has 2 aromatic carbocycles. The average molecular weight is 475 g/mol. The fourth-order valence-electron chi connectivity index (χ4n) is 4.47. The second-order valence-electron chi connectivity index (χ2n) is 8.80. The van der Waals surface area contributed by atoms with Gasteiger partial charge in [-0.05, 0) is 48.2 Å². The number of carboxylic acids is 1. The van der Waals surface area contributed by atoms with E-state index in [1.165, 1.54) is 56.7 Å². The van der Waals surface area contributed by atoms with E-state index in [0.29, 0.717) is 17.2 Å². The number of nitrogens with one attached hydrogen (secondary N) is 1. The molecule has 1 amide bonds. The largest absolute Gasteiger partial charge is 0.478 e. The summed E-state index contributed by atoms with van der Waals surface area (Å²) in [5.74, 6) is -0.697. The number of nitrogens with zero attached hydrogens (tertiary/aromatic N) is 1. The van der Waals surface area contributed by atoms with Crippen molar-refractivity contribution in [1.29, 1.82) is 0 Å². The second-order valence-corrected chi connectivity index (χ2v) is 9.69. The molecule has 0 saturated heterocycles. The first kappa shape index (κ1) is 23.9. The molecule has 5 nitrogen and oxygen atoms in total. The molecule has 1 heterocycles. The van der Waals surface area contributed by atoms with E-state index in [4.69, 9.17) is 4.98 Å². The van der Waals surface area contributed by atoms with Crippen molar-refractivity contribution in [3.63, 3.8) is 0 Å². The fraction of sp³-hybridized carbons (Fsp3) is 0.321. The quantitative estimate of drug-likeness (QED) is 0.386. The van der Waals surface area contributed by atoms with Crippen LogP contribution in [0.5, 0.6) is 0 Å². The first-order valence-corrected chi connectivity index (χ1v) is 12.8. The molecule has 1 fully saturated rings. The first-order valence-electron chi connectivity index (χ1n) is 11.9. The molecule has 0 aliphatic heterocycles. The zero-order chi connectivity index (χ0) is 23.8. The minimum absolute atomic E-state index is 0.00555. The Morgan fingerprint density at radius 3 is 2.56 bits per heavy atom. The Bertz CT molecular complexity index is 1160. The third-order valence-electron chi connectivity index (χ3n) is 6.25. The average Bonchev–Trinajstić information content (AvgIpc) is 3.27. The zero-order valence-corrected chi connectivity index (χ0v) is 20.0. The van der Waals surface area contributed by atoms with Crippen LogP contribution in [0.3, 0.4) is 0 Å². The number of carboxylic acid groups (broad SMARTS) is 1. The first-order chi connectivity index (χ1) is 16.6. The van der Waals surface area contributed by atoms with E-state index in [2.05, 4.69) is 10.7 Å². The van der Waals surface area contributed by atoms with Crippen molar-refractivity contribution in [2.45, 2.75) is 57.3 Å². The molecule has 0 spiro atoms. The predicted octanol–water partition coefficient (Wildman–Crippen LogP) is 7.02. The fourth-order valence-corrected chi connectivity index (χ4v) is 5.26. The lowest BCUT2D eigenvalue weighted by Crippen LogP contribution is -2.16. The Kier molecular flexibility index (Phi) is 8.26. The van der Waals surface area contributed by atoms with Gasteiger partial charge in [0.2, 0.25) is 5.91 Å². The van der Waals surface area contributed by atoms with Gasteiger partial charge in [0.15, 0.2) is 0 Å². The number of benzene rings is 2. The van der Waals surface area contributed by atoms with Gasteiger partial charge < -0.3 is 10.4 Å². The van der Waals surface area contributed by atoms with Gasteiger partial charge in [0.05, 0.1) is 17.7 Å². The summed E-state index contributed by atoms with van der Waals surface area (Å²) < 4.78 is 0. The Morgan fingerprint density at radius 2 is 1.76 bits per heavy atom. The molecular formula is C28H30N2O3S. The summed E-state index contributed by atoms with van der Waals surface area (Å²) >= 11 is 1.68. The monoisotopic (exact) mass is 474 g/mol. The van der Waals surface area contributed by atoms with Gasteiger partial charge in [-0.2, -0.15) is 0 Å². The number of carbonyl (C=O) groups excluding carboxylic acids is 1. The molecule has 1 aliphatic carbocycles. The molecule has 0 bridgehead atoms. The Hall–Kier alpha value is -3.25. The number of hydrogen-bond acceptors (Lipinski definition) is 4. The maximum Gasteiger partial charge on any atom is 0.335 e. The lowest BCUT2D eigenvalue weighted by atomic mass is 9.89. The van der Waals surface area contributed by atoms with Gasteiger partial charge in [-0.3, -0.25) is 4.79 Å². The lowest BCUT2D eigenvalue weighted by molar-refractivity contribution is -0.115. The Labute approximate surface area is 204 Å². The number of anilines is 1. The number of carbonyl (C=O) groups is 2. The van der Waals surface area contributed by atoms with Crippen molar-refractivity contribution in [3.05, 3.63) is 81.3 Å². The highest BCUT2D eigenvalue weighted by molar-refractivity contribution is 7.10. The maximum atomic E-state index is 12.5. The van der Waals surface area contributed by atoms with E-state index in [1.807, 2.05) is 36.4 Å².